The van der Waals surface area contributed by atoms with Crippen molar-refractivity contribution in [2.75, 3.05) is 0 Å². The van der Waals surface area contributed by atoms with Crippen LogP contribution in [0.5, 0.6) is 0 Å². The van der Waals surface area contributed by atoms with Crippen molar-refractivity contribution in [3.05, 3.63) is 23.5 Å². The fourth-order valence-corrected chi connectivity index (χ4v) is 2.02. The summed E-state index contributed by atoms with van der Waals surface area (Å²) >= 11 is 0. The second-order valence-electron chi connectivity index (χ2n) is 2.58. The molecule has 0 aliphatic rings. The molecule has 0 atom stereocenters. The van der Waals surface area contributed by atoms with E-state index in [1.54, 1.807) is 13.8 Å². The molecule has 0 fully saturated rings. The van der Waals surface area contributed by atoms with Crippen molar-refractivity contribution in [1.82, 2.24) is 4.98 Å². The third-order valence-corrected chi connectivity index (χ3v) is 2.67. The van der Waals surface area contributed by atoms with E-state index in [2.05, 4.69) is 4.98 Å². The molecule has 0 unspecified atom stereocenters. The van der Waals surface area contributed by atoms with Gasteiger partial charge in [-0.3, -0.25) is 9.54 Å². The first-order valence-corrected chi connectivity index (χ1v) is 4.75. The molecule has 0 amide bonds. The smallest absolute Gasteiger partial charge is 0.282 e. The molecule has 12 heavy (non-hydrogen) atoms. The Hall–Kier alpha value is -0.940. The van der Waals surface area contributed by atoms with Crippen molar-refractivity contribution < 1.29 is 13.0 Å². The lowest BCUT2D eigenvalue weighted by Crippen LogP contribution is -2.04. The molecule has 0 radical (unpaired) electrons. The number of pyridine rings is 1. The van der Waals surface area contributed by atoms with Gasteiger partial charge in [0.2, 0.25) is 0 Å². The van der Waals surface area contributed by atoms with Crippen molar-refractivity contribution in [3.63, 3.8) is 0 Å². The third kappa shape index (κ3) is 1.62. The largest absolute Gasteiger partial charge is 0.295 e. The van der Waals surface area contributed by atoms with Crippen molar-refractivity contribution >= 4 is 10.1 Å². The van der Waals surface area contributed by atoms with Crippen molar-refractivity contribution in [2.45, 2.75) is 18.7 Å². The zero-order valence-corrected chi connectivity index (χ0v) is 7.59. The minimum Gasteiger partial charge on any atom is -0.282 e. The predicted octanol–water partition coefficient (Wildman–Crippen LogP) is 0.945. The van der Waals surface area contributed by atoms with Crippen LogP contribution < -0.4 is 0 Å². The normalized spacial score (nSPS) is 11.6. The topological polar surface area (TPSA) is 67.3 Å². The average molecular weight is 187 g/mol. The van der Waals surface area contributed by atoms with Crippen LogP contribution in [0.15, 0.2) is 17.3 Å². The molecule has 0 spiro atoms. The molecule has 1 aromatic heterocycles. The van der Waals surface area contributed by atoms with Crippen LogP contribution in [0.3, 0.4) is 0 Å². The SMILES string of the molecule is Cc1cncc(C)c1S(=O)(=O)O. The van der Waals surface area contributed by atoms with E-state index >= 15 is 0 Å². The van der Waals surface area contributed by atoms with Gasteiger partial charge in [-0.15, -0.1) is 0 Å². The number of rotatable bonds is 1. The molecule has 1 N–H and O–H groups in total. The van der Waals surface area contributed by atoms with Gasteiger partial charge >= 0.3 is 0 Å². The van der Waals surface area contributed by atoms with E-state index in [-0.39, 0.29) is 4.90 Å². The molecule has 1 heterocycles. The lowest BCUT2D eigenvalue weighted by molar-refractivity contribution is 0.481. The van der Waals surface area contributed by atoms with E-state index in [9.17, 15) is 8.42 Å². The molecule has 0 aliphatic carbocycles. The summed E-state index contributed by atoms with van der Waals surface area (Å²) in [4.78, 5) is 3.74. The minimum absolute atomic E-state index is 0.0440. The highest BCUT2D eigenvalue weighted by Crippen LogP contribution is 2.16. The van der Waals surface area contributed by atoms with Gasteiger partial charge in [-0.2, -0.15) is 8.42 Å². The molecular weight excluding hydrogens is 178 g/mol. The second kappa shape index (κ2) is 2.84. The van der Waals surface area contributed by atoms with Crippen molar-refractivity contribution in [3.8, 4) is 0 Å². The second-order valence-corrected chi connectivity index (χ2v) is 3.94. The lowest BCUT2D eigenvalue weighted by Gasteiger charge is -2.03. The fourth-order valence-electron chi connectivity index (χ4n) is 1.10. The Kier molecular flexibility index (Phi) is 2.16. The monoisotopic (exact) mass is 187 g/mol. The highest BCUT2D eigenvalue weighted by Gasteiger charge is 2.15. The maximum atomic E-state index is 10.8. The molecule has 5 heteroatoms. The first-order valence-electron chi connectivity index (χ1n) is 3.31. The number of aromatic nitrogens is 1. The Bertz CT molecular complexity index is 377. The van der Waals surface area contributed by atoms with E-state index in [4.69, 9.17) is 4.55 Å². The average Bonchev–Trinajstić information content (AvgIpc) is 1.82. The van der Waals surface area contributed by atoms with Crippen LogP contribution in [0.25, 0.3) is 0 Å². The zero-order chi connectivity index (χ0) is 9.35. The molecule has 0 saturated heterocycles. The molecule has 0 bridgehead atoms. The third-order valence-electron chi connectivity index (χ3n) is 1.51. The van der Waals surface area contributed by atoms with Crippen LogP contribution in [0.4, 0.5) is 0 Å². The van der Waals surface area contributed by atoms with Crippen molar-refractivity contribution in [2.24, 2.45) is 0 Å². The molecule has 4 nitrogen and oxygen atoms in total. The van der Waals surface area contributed by atoms with E-state index in [0.29, 0.717) is 11.1 Å². The molecule has 66 valence electrons. The Morgan fingerprint density at radius 1 is 1.25 bits per heavy atom. The summed E-state index contributed by atoms with van der Waals surface area (Å²) in [5.41, 5.74) is 0.912. The fraction of sp³-hybridized carbons (Fsp3) is 0.286. The molecule has 0 aromatic carbocycles. The van der Waals surface area contributed by atoms with Crippen LogP contribution in [0.1, 0.15) is 11.1 Å². The van der Waals surface area contributed by atoms with Gasteiger partial charge in [0, 0.05) is 12.4 Å². The first-order chi connectivity index (χ1) is 5.43. The maximum absolute atomic E-state index is 10.8. The zero-order valence-electron chi connectivity index (χ0n) is 6.77. The van der Waals surface area contributed by atoms with Gasteiger partial charge in [0.1, 0.15) is 4.90 Å². The van der Waals surface area contributed by atoms with E-state index < -0.39 is 10.1 Å². The van der Waals surface area contributed by atoms with E-state index in [1.165, 1.54) is 12.4 Å². The van der Waals surface area contributed by atoms with Gasteiger partial charge in [0.25, 0.3) is 10.1 Å². The quantitative estimate of drug-likeness (QED) is 0.664. The number of nitrogens with zero attached hydrogens (tertiary/aromatic N) is 1. The van der Waals surface area contributed by atoms with Crippen LogP contribution >= 0.6 is 0 Å². The van der Waals surface area contributed by atoms with Gasteiger partial charge in [0.05, 0.1) is 0 Å². The van der Waals surface area contributed by atoms with Gasteiger partial charge < -0.3 is 0 Å². The lowest BCUT2D eigenvalue weighted by atomic mass is 10.2. The molecule has 0 aliphatic heterocycles. The Morgan fingerprint density at radius 2 is 1.67 bits per heavy atom. The highest BCUT2D eigenvalue weighted by molar-refractivity contribution is 7.86. The summed E-state index contributed by atoms with van der Waals surface area (Å²) in [7, 11) is -4.10. The Labute approximate surface area is 71.0 Å². The first kappa shape index (κ1) is 9.15. The molecule has 0 saturated carbocycles. The van der Waals surface area contributed by atoms with Crippen LogP contribution in [-0.2, 0) is 10.1 Å². The summed E-state index contributed by atoms with van der Waals surface area (Å²) in [6, 6.07) is 0. The Balaban J connectivity index is 3.53. The summed E-state index contributed by atoms with van der Waals surface area (Å²) in [5.74, 6) is 0. The maximum Gasteiger partial charge on any atom is 0.295 e. The predicted molar refractivity (Wildman–Crippen MR) is 43.5 cm³/mol. The van der Waals surface area contributed by atoms with Gasteiger partial charge in [-0.1, -0.05) is 0 Å². The van der Waals surface area contributed by atoms with Crippen LogP contribution in [0, 0.1) is 13.8 Å². The summed E-state index contributed by atoms with van der Waals surface area (Å²) in [6.07, 6.45) is 2.80. The minimum atomic E-state index is -4.10. The highest BCUT2D eigenvalue weighted by atomic mass is 32.2. The standard InChI is InChI=1S/C7H9NO3S/c1-5-3-8-4-6(2)7(5)12(9,10)11/h3-4H,1-2H3,(H,9,10,11). The molecular formula is C7H9NO3S. The van der Waals surface area contributed by atoms with Crippen molar-refractivity contribution in [1.29, 1.82) is 0 Å². The summed E-state index contributed by atoms with van der Waals surface area (Å²) < 4.78 is 30.4. The van der Waals surface area contributed by atoms with Gasteiger partial charge in [-0.25, -0.2) is 0 Å². The Morgan fingerprint density at radius 3 is 1.92 bits per heavy atom. The van der Waals surface area contributed by atoms with Gasteiger partial charge in [-0.05, 0) is 25.0 Å². The molecule has 1 aromatic rings. The number of hydrogen-bond donors (Lipinski definition) is 1. The van der Waals surface area contributed by atoms with E-state index in [0.717, 1.165) is 0 Å². The van der Waals surface area contributed by atoms with Crippen LogP contribution in [0.2, 0.25) is 0 Å². The van der Waals surface area contributed by atoms with Gasteiger partial charge in [0.15, 0.2) is 0 Å². The summed E-state index contributed by atoms with van der Waals surface area (Å²) in [5, 5.41) is 0. The van der Waals surface area contributed by atoms with E-state index in [1.807, 2.05) is 0 Å². The van der Waals surface area contributed by atoms with Crippen LogP contribution in [-0.4, -0.2) is 18.0 Å². The number of hydrogen-bond acceptors (Lipinski definition) is 3. The summed E-state index contributed by atoms with van der Waals surface area (Å²) in [6.45, 7) is 3.17. The molecule has 1 rings (SSSR count). The number of aryl methyl sites for hydroxylation is 2.